The standard InChI is InChI=1S/C22H15B/c23-21-13-20-16-9-2-1-7-14(16)15-8-3-5-11-18(15)22(20)19-12-6-4-10-17(19)21/h1-13H,23H2. The lowest BCUT2D eigenvalue weighted by atomic mass is 9.83. The fourth-order valence-corrected chi connectivity index (χ4v) is 3.95. The molecule has 0 fully saturated rings. The second-order valence-corrected chi connectivity index (χ2v) is 6.25. The molecule has 5 aromatic carbocycles. The molecule has 5 rings (SSSR count). The van der Waals surface area contributed by atoms with Gasteiger partial charge in [0.15, 0.2) is 0 Å². The fourth-order valence-electron chi connectivity index (χ4n) is 3.95. The van der Waals surface area contributed by atoms with Crippen LogP contribution in [0.1, 0.15) is 0 Å². The van der Waals surface area contributed by atoms with Crippen LogP contribution in [0.5, 0.6) is 0 Å². The highest BCUT2D eigenvalue weighted by atomic mass is 14.1. The Balaban J connectivity index is 2.25. The van der Waals surface area contributed by atoms with Gasteiger partial charge in [-0.15, -0.1) is 0 Å². The van der Waals surface area contributed by atoms with Crippen molar-refractivity contribution in [1.29, 1.82) is 0 Å². The van der Waals surface area contributed by atoms with E-state index in [-0.39, 0.29) is 0 Å². The van der Waals surface area contributed by atoms with E-state index >= 15 is 0 Å². The maximum absolute atomic E-state index is 2.35. The van der Waals surface area contributed by atoms with Crippen molar-refractivity contribution >= 4 is 56.4 Å². The van der Waals surface area contributed by atoms with Crippen LogP contribution in [0.25, 0.3) is 43.1 Å². The number of rotatable bonds is 0. The Labute approximate surface area is 135 Å². The molecule has 0 atom stereocenters. The van der Waals surface area contributed by atoms with Crippen molar-refractivity contribution in [2.75, 3.05) is 0 Å². The lowest BCUT2D eigenvalue weighted by Crippen LogP contribution is -2.04. The van der Waals surface area contributed by atoms with Crippen molar-refractivity contribution in [3.8, 4) is 0 Å². The lowest BCUT2D eigenvalue weighted by Gasteiger charge is -2.14. The summed E-state index contributed by atoms with van der Waals surface area (Å²) in [5.74, 6) is 0. The zero-order valence-corrected chi connectivity index (χ0v) is 13.0. The first kappa shape index (κ1) is 12.7. The van der Waals surface area contributed by atoms with Crippen molar-refractivity contribution in [2.45, 2.75) is 0 Å². The van der Waals surface area contributed by atoms with E-state index in [9.17, 15) is 0 Å². The van der Waals surface area contributed by atoms with Gasteiger partial charge in [-0.05, 0) is 43.1 Å². The molecule has 0 saturated heterocycles. The van der Waals surface area contributed by atoms with Gasteiger partial charge in [0.05, 0.1) is 0 Å². The highest BCUT2D eigenvalue weighted by Gasteiger charge is 2.11. The normalized spacial score (nSPS) is 11.7. The molecule has 0 nitrogen and oxygen atoms in total. The Bertz CT molecular complexity index is 1220. The largest absolute Gasteiger partial charge is 0.140 e. The molecule has 106 valence electrons. The summed E-state index contributed by atoms with van der Waals surface area (Å²) in [6.45, 7) is 0. The van der Waals surface area contributed by atoms with Gasteiger partial charge in [0, 0.05) is 0 Å². The smallest absolute Gasteiger partial charge is 0.0806 e. The van der Waals surface area contributed by atoms with Gasteiger partial charge in [-0.1, -0.05) is 84.3 Å². The summed E-state index contributed by atoms with van der Waals surface area (Å²) in [7, 11) is 2.21. The topological polar surface area (TPSA) is 0 Å². The molecule has 0 amide bonds. The zero-order valence-electron chi connectivity index (χ0n) is 13.0. The molecule has 0 aliphatic heterocycles. The second kappa shape index (κ2) is 4.60. The Kier molecular flexibility index (Phi) is 2.54. The molecular formula is C22H15B. The van der Waals surface area contributed by atoms with E-state index in [0.29, 0.717) is 0 Å². The number of hydrogen-bond acceptors (Lipinski definition) is 0. The molecule has 23 heavy (non-hydrogen) atoms. The predicted octanol–water partition coefficient (Wildman–Crippen LogP) is 4.56. The minimum atomic E-state index is 1.34. The summed E-state index contributed by atoms with van der Waals surface area (Å²) >= 11 is 0. The van der Waals surface area contributed by atoms with Crippen LogP contribution in [0, 0.1) is 0 Å². The first-order valence-electron chi connectivity index (χ1n) is 8.06. The molecule has 0 unspecified atom stereocenters. The van der Waals surface area contributed by atoms with Crippen LogP contribution in [0.3, 0.4) is 0 Å². The van der Waals surface area contributed by atoms with Gasteiger partial charge in [-0.2, -0.15) is 0 Å². The van der Waals surface area contributed by atoms with Gasteiger partial charge in [-0.25, -0.2) is 0 Å². The molecule has 0 saturated carbocycles. The molecule has 1 heteroatoms. The number of hydrogen-bond donors (Lipinski definition) is 0. The zero-order chi connectivity index (χ0) is 15.4. The van der Waals surface area contributed by atoms with E-state index in [1.165, 1.54) is 48.6 Å². The molecule has 0 bridgehead atoms. The molecule has 5 aromatic rings. The predicted molar refractivity (Wildman–Crippen MR) is 105 cm³/mol. The summed E-state index contributed by atoms with van der Waals surface area (Å²) in [6.07, 6.45) is 0. The highest BCUT2D eigenvalue weighted by Crippen LogP contribution is 2.37. The molecule has 0 N–H and O–H groups in total. The molecule has 0 aliphatic rings. The molecule has 0 heterocycles. The lowest BCUT2D eigenvalue weighted by molar-refractivity contribution is 1.79. The van der Waals surface area contributed by atoms with Crippen LogP contribution < -0.4 is 5.46 Å². The minimum absolute atomic E-state index is 1.34. The Morgan fingerprint density at radius 1 is 0.435 bits per heavy atom. The van der Waals surface area contributed by atoms with Crippen molar-refractivity contribution in [3.63, 3.8) is 0 Å². The van der Waals surface area contributed by atoms with Crippen LogP contribution in [0.15, 0.2) is 78.9 Å². The van der Waals surface area contributed by atoms with E-state index in [2.05, 4.69) is 86.7 Å². The number of fused-ring (bicyclic) bond motifs is 8. The second-order valence-electron chi connectivity index (χ2n) is 6.25. The third-order valence-electron chi connectivity index (χ3n) is 4.96. The van der Waals surface area contributed by atoms with Gasteiger partial charge < -0.3 is 0 Å². The monoisotopic (exact) mass is 290 g/mol. The molecule has 0 aromatic heterocycles. The van der Waals surface area contributed by atoms with Crippen LogP contribution in [0.4, 0.5) is 0 Å². The summed E-state index contributed by atoms with van der Waals surface area (Å²) < 4.78 is 0. The molecular weight excluding hydrogens is 275 g/mol. The average Bonchev–Trinajstić information content (AvgIpc) is 2.62. The Morgan fingerprint density at radius 2 is 0.826 bits per heavy atom. The van der Waals surface area contributed by atoms with Gasteiger partial charge in [0.1, 0.15) is 7.85 Å². The van der Waals surface area contributed by atoms with Crippen molar-refractivity contribution < 1.29 is 0 Å². The van der Waals surface area contributed by atoms with E-state index in [4.69, 9.17) is 0 Å². The van der Waals surface area contributed by atoms with Gasteiger partial charge in [0.2, 0.25) is 0 Å². The van der Waals surface area contributed by atoms with Gasteiger partial charge >= 0.3 is 0 Å². The van der Waals surface area contributed by atoms with E-state index in [0.717, 1.165) is 0 Å². The Morgan fingerprint density at radius 3 is 1.43 bits per heavy atom. The van der Waals surface area contributed by atoms with Crippen LogP contribution in [0.2, 0.25) is 0 Å². The highest BCUT2D eigenvalue weighted by molar-refractivity contribution is 6.44. The average molecular weight is 290 g/mol. The van der Waals surface area contributed by atoms with E-state index < -0.39 is 0 Å². The Hall–Kier alpha value is -2.80. The molecule has 0 radical (unpaired) electrons. The third-order valence-corrected chi connectivity index (χ3v) is 4.96. The summed E-state index contributed by atoms with van der Waals surface area (Å²) in [5, 5.41) is 10.8. The van der Waals surface area contributed by atoms with Crippen molar-refractivity contribution in [2.24, 2.45) is 0 Å². The molecule has 0 spiro atoms. The summed E-state index contributed by atoms with van der Waals surface area (Å²) in [6, 6.07) is 28.7. The first-order chi connectivity index (χ1) is 11.3. The van der Waals surface area contributed by atoms with E-state index in [1.807, 2.05) is 0 Å². The van der Waals surface area contributed by atoms with Crippen molar-refractivity contribution in [1.82, 2.24) is 0 Å². The van der Waals surface area contributed by atoms with Crippen LogP contribution in [-0.2, 0) is 0 Å². The SMILES string of the molecule is Bc1cc2c3ccccc3c3ccccc3c2c2ccccc12. The minimum Gasteiger partial charge on any atom is -0.0806 e. The molecule has 0 aliphatic carbocycles. The first-order valence-corrected chi connectivity index (χ1v) is 8.06. The van der Waals surface area contributed by atoms with E-state index in [1.54, 1.807) is 0 Å². The van der Waals surface area contributed by atoms with Crippen molar-refractivity contribution in [3.05, 3.63) is 78.9 Å². The van der Waals surface area contributed by atoms with Crippen LogP contribution in [-0.4, -0.2) is 7.85 Å². The third kappa shape index (κ3) is 1.68. The quantitative estimate of drug-likeness (QED) is 0.290. The van der Waals surface area contributed by atoms with Gasteiger partial charge in [0.25, 0.3) is 0 Å². The van der Waals surface area contributed by atoms with Gasteiger partial charge in [-0.3, -0.25) is 0 Å². The summed E-state index contributed by atoms with van der Waals surface area (Å²) in [5.41, 5.74) is 1.34. The maximum Gasteiger partial charge on any atom is 0.140 e. The maximum atomic E-state index is 2.35. The van der Waals surface area contributed by atoms with Crippen LogP contribution >= 0.6 is 0 Å². The summed E-state index contributed by atoms with van der Waals surface area (Å²) in [4.78, 5) is 0. The number of benzene rings is 5. The fraction of sp³-hybridized carbons (Fsp3) is 0.